The number of hydrogen-bond acceptors (Lipinski definition) is 5. The molecule has 0 bridgehead atoms. The zero-order valence-corrected chi connectivity index (χ0v) is 16.6. The van der Waals surface area contributed by atoms with E-state index in [1.807, 2.05) is 13.8 Å². The molecule has 3 rings (SSSR count). The predicted octanol–water partition coefficient (Wildman–Crippen LogP) is 4.62. The van der Waals surface area contributed by atoms with Gasteiger partial charge in [-0.2, -0.15) is 0 Å². The highest BCUT2D eigenvalue weighted by Gasteiger charge is 2.26. The van der Waals surface area contributed by atoms with Crippen LogP contribution >= 0.6 is 11.6 Å². The van der Waals surface area contributed by atoms with Crippen molar-refractivity contribution in [2.75, 3.05) is 0 Å². The molecule has 6 nitrogen and oxygen atoms in total. The van der Waals surface area contributed by atoms with Crippen LogP contribution in [0.5, 0.6) is 5.75 Å². The van der Waals surface area contributed by atoms with Gasteiger partial charge in [0.25, 0.3) is 5.91 Å². The Morgan fingerprint density at radius 1 is 1.21 bits per heavy atom. The van der Waals surface area contributed by atoms with Gasteiger partial charge < -0.3 is 14.6 Å². The molecule has 9 heteroatoms. The molecule has 0 saturated carbocycles. The molecule has 152 valence electrons. The molecule has 1 atom stereocenters. The Kier molecular flexibility index (Phi) is 6.12. The molecule has 0 radical (unpaired) electrons. The molecule has 1 amide bonds. The first-order chi connectivity index (χ1) is 13.8. The molecule has 0 aliphatic rings. The van der Waals surface area contributed by atoms with Crippen molar-refractivity contribution in [2.45, 2.75) is 32.9 Å². The molecule has 0 spiro atoms. The Labute approximate surface area is 170 Å². The number of carbonyl (C=O) groups is 1. The summed E-state index contributed by atoms with van der Waals surface area (Å²) in [6.45, 7) is 5.34. The van der Waals surface area contributed by atoms with Crippen molar-refractivity contribution >= 4 is 17.5 Å². The molecule has 2 heterocycles. The average molecular weight is 422 g/mol. The normalized spacial score (nSPS) is 12.1. The number of nitrogens with zero attached hydrogens (tertiary/aromatic N) is 2. The first-order valence-electron chi connectivity index (χ1n) is 8.76. The molecule has 0 saturated heterocycles. The van der Waals surface area contributed by atoms with Gasteiger partial charge in [0.1, 0.15) is 34.5 Å². The van der Waals surface area contributed by atoms with Crippen LogP contribution in [0.15, 0.2) is 41.1 Å². The molecule has 1 N–H and O–H groups in total. The van der Waals surface area contributed by atoms with Crippen LogP contribution in [0.2, 0.25) is 5.15 Å². The summed E-state index contributed by atoms with van der Waals surface area (Å²) in [6.07, 6.45) is 1.10. The van der Waals surface area contributed by atoms with Crippen LogP contribution in [0.4, 0.5) is 8.78 Å². The van der Waals surface area contributed by atoms with Gasteiger partial charge in [0.15, 0.2) is 11.6 Å². The number of aryl methyl sites for hydroxylation is 1. The summed E-state index contributed by atoms with van der Waals surface area (Å²) < 4.78 is 37.7. The van der Waals surface area contributed by atoms with Gasteiger partial charge in [-0.15, -0.1) is 0 Å². The first kappa shape index (κ1) is 20.7. The average Bonchev–Trinajstić information content (AvgIpc) is 3.15. The molecular weight excluding hydrogens is 404 g/mol. The number of pyridine rings is 1. The number of amides is 1. The van der Waals surface area contributed by atoms with E-state index in [4.69, 9.17) is 20.9 Å². The predicted molar refractivity (Wildman–Crippen MR) is 102 cm³/mol. The fraction of sp³-hybridized carbons (Fsp3) is 0.250. The third-order valence-electron chi connectivity index (χ3n) is 3.96. The van der Waals surface area contributed by atoms with E-state index >= 15 is 0 Å². The summed E-state index contributed by atoms with van der Waals surface area (Å²) in [7, 11) is 0. The third kappa shape index (κ3) is 4.71. The van der Waals surface area contributed by atoms with E-state index in [0.29, 0.717) is 11.4 Å². The lowest BCUT2D eigenvalue weighted by Gasteiger charge is -2.20. The van der Waals surface area contributed by atoms with Crippen LogP contribution < -0.4 is 10.1 Å². The standard InChI is InChI=1S/C20H18ClF2N3O3/c1-10(2)29-16-8-11(3)24-19(21)17(16)20(27)25-18(15-6-7-28-26-15)12-4-5-13(22)14(23)9-12/h4-10,18H,1-3H3,(H,25,27). The third-order valence-corrected chi connectivity index (χ3v) is 4.24. The second-order valence-electron chi connectivity index (χ2n) is 6.60. The fourth-order valence-electron chi connectivity index (χ4n) is 2.75. The second kappa shape index (κ2) is 8.57. The van der Waals surface area contributed by atoms with Gasteiger partial charge in [0.2, 0.25) is 0 Å². The number of benzene rings is 1. The minimum Gasteiger partial charge on any atom is -0.490 e. The number of halogens is 3. The highest BCUT2D eigenvalue weighted by Crippen LogP contribution is 2.29. The number of ether oxygens (including phenoxy) is 1. The van der Waals surface area contributed by atoms with Crippen molar-refractivity contribution < 1.29 is 22.8 Å². The Hall–Kier alpha value is -3.00. The van der Waals surface area contributed by atoms with E-state index in [-0.39, 0.29) is 28.1 Å². The van der Waals surface area contributed by atoms with Crippen molar-refractivity contribution in [1.82, 2.24) is 15.5 Å². The van der Waals surface area contributed by atoms with Crippen LogP contribution in [-0.4, -0.2) is 22.2 Å². The smallest absolute Gasteiger partial charge is 0.259 e. The van der Waals surface area contributed by atoms with Crippen LogP contribution in [0, 0.1) is 18.6 Å². The molecule has 3 aromatic rings. The van der Waals surface area contributed by atoms with Crippen molar-refractivity contribution in [2.24, 2.45) is 0 Å². The highest BCUT2D eigenvalue weighted by molar-refractivity contribution is 6.33. The van der Waals surface area contributed by atoms with E-state index in [1.54, 1.807) is 13.0 Å². The molecular formula is C20H18ClF2N3O3. The number of hydrogen-bond donors (Lipinski definition) is 1. The molecule has 0 fully saturated rings. The van der Waals surface area contributed by atoms with Gasteiger partial charge in [0.05, 0.1) is 6.10 Å². The van der Waals surface area contributed by atoms with Gasteiger partial charge in [-0.1, -0.05) is 22.8 Å². The molecule has 0 aliphatic carbocycles. The topological polar surface area (TPSA) is 77.2 Å². The zero-order chi connectivity index (χ0) is 21.1. The largest absolute Gasteiger partial charge is 0.490 e. The van der Waals surface area contributed by atoms with E-state index in [0.717, 1.165) is 12.1 Å². The van der Waals surface area contributed by atoms with Gasteiger partial charge in [0, 0.05) is 17.8 Å². The molecule has 0 aliphatic heterocycles. The Morgan fingerprint density at radius 2 is 1.97 bits per heavy atom. The summed E-state index contributed by atoms with van der Waals surface area (Å²) in [5, 5.41) is 6.49. The first-order valence-corrected chi connectivity index (χ1v) is 9.14. The van der Waals surface area contributed by atoms with Gasteiger partial charge >= 0.3 is 0 Å². The van der Waals surface area contributed by atoms with E-state index in [9.17, 15) is 13.6 Å². The van der Waals surface area contributed by atoms with Crippen LogP contribution in [-0.2, 0) is 0 Å². The maximum Gasteiger partial charge on any atom is 0.259 e. The van der Waals surface area contributed by atoms with Crippen molar-refractivity contribution in [3.63, 3.8) is 0 Å². The Balaban J connectivity index is 2.01. The number of carbonyl (C=O) groups excluding carboxylic acids is 1. The van der Waals surface area contributed by atoms with Gasteiger partial charge in [-0.05, 0) is 38.5 Å². The fourth-order valence-corrected chi connectivity index (χ4v) is 3.07. The van der Waals surface area contributed by atoms with E-state index in [1.165, 1.54) is 18.4 Å². The van der Waals surface area contributed by atoms with Crippen LogP contribution in [0.3, 0.4) is 0 Å². The lowest BCUT2D eigenvalue weighted by Crippen LogP contribution is -2.31. The number of rotatable bonds is 6. The molecule has 29 heavy (non-hydrogen) atoms. The minimum atomic E-state index is -1.05. The molecule has 1 aromatic carbocycles. The summed E-state index contributed by atoms with van der Waals surface area (Å²) >= 11 is 6.22. The quantitative estimate of drug-likeness (QED) is 0.588. The SMILES string of the molecule is Cc1cc(OC(C)C)c(C(=O)NC(c2ccc(F)c(F)c2)c2ccon2)c(Cl)n1. The number of aromatic nitrogens is 2. The zero-order valence-electron chi connectivity index (χ0n) is 15.9. The van der Waals surface area contributed by atoms with Crippen molar-refractivity contribution in [3.8, 4) is 5.75 Å². The van der Waals surface area contributed by atoms with Crippen molar-refractivity contribution in [1.29, 1.82) is 0 Å². The summed E-state index contributed by atoms with van der Waals surface area (Å²) in [6, 6.07) is 5.49. The monoisotopic (exact) mass is 421 g/mol. The maximum atomic E-state index is 13.8. The summed E-state index contributed by atoms with van der Waals surface area (Å²) in [5.41, 5.74) is 1.18. The van der Waals surface area contributed by atoms with E-state index < -0.39 is 23.6 Å². The number of nitrogens with one attached hydrogen (secondary N) is 1. The maximum absolute atomic E-state index is 13.8. The van der Waals surface area contributed by atoms with E-state index in [2.05, 4.69) is 15.5 Å². The lowest BCUT2D eigenvalue weighted by molar-refractivity contribution is 0.0935. The van der Waals surface area contributed by atoms with Crippen LogP contribution in [0.25, 0.3) is 0 Å². The highest BCUT2D eigenvalue weighted by atomic mass is 35.5. The minimum absolute atomic E-state index is 0.0297. The molecule has 1 unspecified atom stereocenters. The van der Waals surface area contributed by atoms with Crippen LogP contribution in [0.1, 0.15) is 47.2 Å². The lowest BCUT2D eigenvalue weighted by atomic mass is 10.0. The van der Waals surface area contributed by atoms with Gasteiger partial charge in [-0.25, -0.2) is 13.8 Å². The van der Waals surface area contributed by atoms with Crippen molar-refractivity contribution in [3.05, 3.63) is 75.9 Å². The Morgan fingerprint density at radius 3 is 2.59 bits per heavy atom. The molecule has 2 aromatic heterocycles. The summed E-state index contributed by atoms with van der Waals surface area (Å²) in [4.78, 5) is 17.2. The second-order valence-corrected chi connectivity index (χ2v) is 6.96. The van der Waals surface area contributed by atoms with Gasteiger partial charge in [-0.3, -0.25) is 4.79 Å². The summed E-state index contributed by atoms with van der Waals surface area (Å²) in [5.74, 6) is -2.41. The Bertz CT molecular complexity index is 1030.